The molecule has 1 atom stereocenters. The zero-order chi connectivity index (χ0) is 20.0. The van der Waals surface area contributed by atoms with E-state index in [2.05, 4.69) is 11.3 Å². The standard InChI is InChI=1S/C19H18N2O5S/c1-3-7-18(14(2)22)19(15-10-12-16(13-11-15)21(23)24)20-27(25,26)17-8-5-4-6-9-17/h3-13,19-20H,1H2,2H3/b18-7-. The van der Waals surface area contributed by atoms with Gasteiger partial charge in [-0.05, 0) is 24.6 Å². The molecule has 1 unspecified atom stereocenters. The molecule has 0 heterocycles. The quantitative estimate of drug-likeness (QED) is 0.324. The van der Waals surface area contributed by atoms with Gasteiger partial charge in [-0.25, -0.2) is 8.42 Å². The molecule has 0 aliphatic carbocycles. The summed E-state index contributed by atoms with van der Waals surface area (Å²) in [5.41, 5.74) is 0.419. The predicted octanol–water partition coefficient (Wildman–Crippen LogP) is 3.32. The number of sulfonamides is 1. The van der Waals surface area contributed by atoms with Gasteiger partial charge in [-0.3, -0.25) is 14.9 Å². The summed E-state index contributed by atoms with van der Waals surface area (Å²) < 4.78 is 28.0. The molecule has 1 N–H and O–H groups in total. The van der Waals surface area contributed by atoms with Crippen LogP contribution >= 0.6 is 0 Å². The van der Waals surface area contributed by atoms with Gasteiger partial charge in [-0.1, -0.05) is 49.1 Å². The van der Waals surface area contributed by atoms with Gasteiger partial charge in [-0.2, -0.15) is 4.72 Å². The Morgan fingerprint density at radius 2 is 1.74 bits per heavy atom. The predicted molar refractivity (Wildman–Crippen MR) is 102 cm³/mol. The monoisotopic (exact) mass is 386 g/mol. The van der Waals surface area contributed by atoms with Crippen LogP contribution < -0.4 is 4.72 Å². The van der Waals surface area contributed by atoms with E-state index in [0.717, 1.165) is 0 Å². The molecule has 2 aromatic rings. The minimum Gasteiger partial charge on any atom is -0.295 e. The number of hydrogen-bond donors (Lipinski definition) is 1. The van der Waals surface area contributed by atoms with Crippen molar-refractivity contribution < 1.29 is 18.1 Å². The highest BCUT2D eigenvalue weighted by Gasteiger charge is 2.26. The minimum atomic E-state index is -3.94. The highest BCUT2D eigenvalue weighted by molar-refractivity contribution is 7.89. The van der Waals surface area contributed by atoms with E-state index >= 15 is 0 Å². The number of rotatable bonds is 8. The molecule has 2 rings (SSSR count). The molecule has 0 radical (unpaired) electrons. The van der Waals surface area contributed by atoms with Crippen LogP contribution in [-0.4, -0.2) is 19.1 Å². The second-order valence-electron chi connectivity index (χ2n) is 5.63. The smallest absolute Gasteiger partial charge is 0.269 e. The maximum atomic E-state index is 12.7. The van der Waals surface area contributed by atoms with Crippen molar-refractivity contribution in [3.05, 3.63) is 94.6 Å². The van der Waals surface area contributed by atoms with E-state index in [0.29, 0.717) is 5.56 Å². The summed E-state index contributed by atoms with van der Waals surface area (Å²) in [4.78, 5) is 22.4. The van der Waals surface area contributed by atoms with Crippen molar-refractivity contribution in [2.75, 3.05) is 0 Å². The molecule has 0 aliphatic heterocycles. The second-order valence-corrected chi connectivity index (χ2v) is 7.34. The highest BCUT2D eigenvalue weighted by Crippen LogP contribution is 2.27. The van der Waals surface area contributed by atoms with Crippen LogP contribution in [0.2, 0.25) is 0 Å². The minimum absolute atomic E-state index is 0.0402. The van der Waals surface area contributed by atoms with Crippen molar-refractivity contribution in [2.24, 2.45) is 0 Å². The van der Waals surface area contributed by atoms with Crippen molar-refractivity contribution in [1.29, 1.82) is 0 Å². The van der Waals surface area contributed by atoms with Gasteiger partial charge >= 0.3 is 0 Å². The van der Waals surface area contributed by atoms with Crippen LogP contribution in [0, 0.1) is 10.1 Å². The lowest BCUT2D eigenvalue weighted by Gasteiger charge is -2.21. The first-order valence-corrected chi connectivity index (χ1v) is 9.40. The SMILES string of the molecule is C=C/C=C(/C(C)=O)C(NS(=O)(=O)c1ccccc1)c1ccc([N+](=O)[O-])cc1. The lowest BCUT2D eigenvalue weighted by Crippen LogP contribution is -2.31. The van der Waals surface area contributed by atoms with Crippen LogP contribution in [0.1, 0.15) is 18.5 Å². The van der Waals surface area contributed by atoms with Crippen LogP contribution in [0.5, 0.6) is 0 Å². The largest absolute Gasteiger partial charge is 0.295 e. The van der Waals surface area contributed by atoms with E-state index in [4.69, 9.17) is 0 Å². The average Bonchev–Trinajstić information content (AvgIpc) is 2.65. The third-order valence-corrected chi connectivity index (χ3v) is 5.22. The number of nitro benzene ring substituents is 1. The van der Waals surface area contributed by atoms with Crippen LogP contribution in [0.15, 0.2) is 83.8 Å². The topological polar surface area (TPSA) is 106 Å². The van der Waals surface area contributed by atoms with Gasteiger partial charge in [0.2, 0.25) is 10.0 Å². The number of carbonyl (C=O) groups is 1. The van der Waals surface area contributed by atoms with Crippen molar-refractivity contribution in [3.8, 4) is 0 Å². The molecule has 0 amide bonds. The van der Waals surface area contributed by atoms with E-state index in [-0.39, 0.29) is 21.9 Å². The maximum absolute atomic E-state index is 12.7. The van der Waals surface area contributed by atoms with E-state index < -0.39 is 21.0 Å². The summed E-state index contributed by atoms with van der Waals surface area (Å²) in [6, 6.07) is 12.0. The number of ketones is 1. The molecule has 27 heavy (non-hydrogen) atoms. The van der Waals surface area contributed by atoms with E-state index in [9.17, 15) is 23.3 Å². The molecule has 140 valence electrons. The third-order valence-electron chi connectivity index (χ3n) is 3.78. The number of nitrogens with one attached hydrogen (secondary N) is 1. The molecule has 0 aliphatic rings. The van der Waals surface area contributed by atoms with Gasteiger partial charge in [0.25, 0.3) is 5.69 Å². The number of Topliss-reactive ketones (excluding diaryl/α,β-unsaturated/α-hetero) is 1. The van der Waals surface area contributed by atoms with Crippen molar-refractivity contribution in [1.82, 2.24) is 4.72 Å². The number of nitro groups is 1. The molecule has 0 bridgehead atoms. The van der Waals surface area contributed by atoms with Gasteiger partial charge in [0.15, 0.2) is 5.78 Å². The molecular weight excluding hydrogens is 368 g/mol. The summed E-state index contributed by atoms with van der Waals surface area (Å²) in [5.74, 6) is -0.353. The molecule has 0 aromatic heterocycles. The Labute approximate surface area is 157 Å². The Hall–Kier alpha value is -3.10. The molecule has 0 fully saturated rings. The molecule has 0 saturated carbocycles. The number of allylic oxidation sites excluding steroid dienone is 2. The number of non-ortho nitro benzene ring substituents is 1. The summed E-state index contributed by atoms with van der Waals surface area (Å²) in [7, 11) is -3.94. The summed E-state index contributed by atoms with van der Waals surface area (Å²) in [6.45, 7) is 4.87. The Morgan fingerprint density at radius 1 is 1.15 bits per heavy atom. The first-order valence-electron chi connectivity index (χ1n) is 7.91. The summed E-state index contributed by atoms with van der Waals surface area (Å²) >= 11 is 0. The number of carbonyl (C=O) groups excluding carboxylic acids is 1. The van der Waals surface area contributed by atoms with Crippen molar-refractivity contribution in [2.45, 2.75) is 17.9 Å². The zero-order valence-corrected chi connectivity index (χ0v) is 15.3. The number of hydrogen-bond acceptors (Lipinski definition) is 5. The fourth-order valence-electron chi connectivity index (χ4n) is 2.47. The third kappa shape index (κ3) is 4.96. The van der Waals surface area contributed by atoms with Crippen LogP contribution in [0.25, 0.3) is 0 Å². The van der Waals surface area contributed by atoms with Crippen LogP contribution in [0.4, 0.5) is 5.69 Å². The average molecular weight is 386 g/mol. The Balaban J connectivity index is 2.53. The van der Waals surface area contributed by atoms with Crippen LogP contribution in [-0.2, 0) is 14.8 Å². The Morgan fingerprint density at radius 3 is 2.22 bits per heavy atom. The Kier molecular flexibility index (Phi) is 6.38. The van der Waals surface area contributed by atoms with Crippen molar-refractivity contribution >= 4 is 21.5 Å². The normalized spacial score (nSPS) is 13.0. The lowest BCUT2D eigenvalue weighted by molar-refractivity contribution is -0.384. The highest BCUT2D eigenvalue weighted by atomic mass is 32.2. The summed E-state index contributed by atoms with van der Waals surface area (Å²) in [6.07, 6.45) is 2.80. The van der Waals surface area contributed by atoms with E-state index in [1.165, 1.54) is 55.5 Å². The summed E-state index contributed by atoms with van der Waals surface area (Å²) in [5, 5.41) is 10.9. The number of nitrogens with zero attached hydrogens (tertiary/aromatic N) is 1. The Bertz CT molecular complexity index is 981. The molecule has 0 spiro atoms. The molecule has 8 heteroatoms. The first kappa shape index (κ1) is 20.2. The van der Waals surface area contributed by atoms with Gasteiger partial charge < -0.3 is 0 Å². The van der Waals surface area contributed by atoms with E-state index in [1.54, 1.807) is 18.2 Å². The van der Waals surface area contributed by atoms with Gasteiger partial charge in [-0.15, -0.1) is 0 Å². The number of benzene rings is 2. The van der Waals surface area contributed by atoms with Gasteiger partial charge in [0.1, 0.15) is 0 Å². The second kappa shape index (κ2) is 8.52. The fourth-order valence-corrected chi connectivity index (χ4v) is 3.69. The molecule has 7 nitrogen and oxygen atoms in total. The van der Waals surface area contributed by atoms with Crippen LogP contribution in [0.3, 0.4) is 0 Å². The maximum Gasteiger partial charge on any atom is 0.269 e. The molecule has 0 saturated heterocycles. The van der Waals surface area contributed by atoms with E-state index in [1.807, 2.05) is 0 Å². The van der Waals surface area contributed by atoms with Gasteiger partial charge in [0, 0.05) is 17.7 Å². The zero-order valence-electron chi connectivity index (χ0n) is 14.5. The molecule has 2 aromatic carbocycles. The first-order chi connectivity index (χ1) is 12.8. The lowest BCUT2D eigenvalue weighted by atomic mass is 9.96. The molecular formula is C19H18N2O5S. The van der Waals surface area contributed by atoms with Crippen molar-refractivity contribution in [3.63, 3.8) is 0 Å². The van der Waals surface area contributed by atoms with Gasteiger partial charge in [0.05, 0.1) is 15.9 Å². The fraction of sp³-hybridized carbons (Fsp3) is 0.105.